The minimum absolute atomic E-state index is 0.142. The lowest BCUT2D eigenvalue weighted by Crippen LogP contribution is -2.23. The molecule has 1 aliphatic heterocycles. The molecule has 0 aliphatic carbocycles. The summed E-state index contributed by atoms with van der Waals surface area (Å²) in [5, 5.41) is 9.41. The number of anilines is 1. The number of sulfonamides is 1. The van der Waals surface area contributed by atoms with Gasteiger partial charge in [0.25, 0.3) is 0 Å². The van der Waals surface area contributed by atoms with E-state index < -0.39 is 10.0 Å². The van der Waals surface area contributed by atoms with Crippen molar-refractivity contribution in [1.29, 1.82) is 0 Å². The molecule has 0 radical (unpaired) electrons. The molecule has 7 heteroatoms. The minimum atomic E-state index is -3.43. The first-order valence-corrected chi connectivity index (χ1v) is 6.84. The first-order chi connectivity index (χ1) is 8.03. The molecule has 0 aromatic carbocycles. The Morgan fingerprint density at radius 2 is 2.29 bits per heavy atom. The van der Waals surface area contributed by atoms with Crippen LogP contribution >= 0.6 is 0 Å². The fraction of sp³-hybridized carbons (Fsp3) is 0.500. The summed E-state index contributed by atoms with van der Waals surface area (Å²) in [4.78, 5) is 6.18. The lowest BCUT2D eigenvalue weighted by Gasteiger charge is -2.16. The molecule has 2 N–H and O–H groups in total. The van der Waals surface area contributed by atoms with Gasteiger partial charge in [-0.3, -0.25) is 0 Å². The molecule has 2 rings (SSSR count). The number of aliphatic hydroxyl groups is 1. The maximum absolute atomic E-state index is 11.5. The van der Waals surface area contributed by atoms with Gasteiger partial charge in [0.05, 0.1) is 6.10 Å². The lowest BCUT2D eigenvalue weighted by molar-refractivity contribution is 0.198. The van der Waals surface area contributed by atoms with Crippen molar-refractivity contribution in [2.45, 2.75) is 17.4 Å². The zero-order valence-corrected chi connectivity index (χ0v) is 10.3. The van der Waals surface area contributed by atoms with E-state index in [2.05, 4.69) is 9.71 Å². The van der Waals surface area contributed by atoms with Crippen LogP contribution in [0.4, 0.5) is 5.82 Å². The van der Waals surface area contributed by atoms with Gasteiger partial charge in [0, 0.05) is 19.3 Å². The van der Waals surface area contributed by atoms with Crippen molar-refractivity contribution in [3.63, 3.8) is 0 Å². The topological polar surface area (TPSA) is 82.5 Å². The Bertz CT molecular complexity index is 486. The third kappa shape index (κ3) is 2.56. The van der Waals surface area contributed by atoms with Gasteiger partial charge in [0.1, 0.15) is 10.7 Å². The van der Waals surface area contributed by atoms with E-state index in [1.807, 2.05) is 4.90 Å². The number of rotatable bonds is 3. The largest absolute Gasteiger partial charge is 0.391 e. The first kappa shape index (κ1) is 12.3. The summed E-state index contributed by atoms with van der Waals surface area (Å²) >= 11 is 0. The van der Waals surface area contributed by atoms with E-state index >= 15 is 0 Å². The van der Waals surface area contributed by atoms with Gasteiger partial charge in [-0.15, -0.1) is 0 Å². The SMILES string of the molecule is CNS(=O)(=O)c1ccc(N2CC[C@H](O)C2)nc1. The molecule has 0 bridgehead atoms. The highest BCUT2D eigenvalue weighted by Gasteiger charge is 2.21. The first-order valence-electron chi connectivity index (χ1n) is 5.35. The Hall–Kier alpha value is -1.18. The number of aromatic nitrogens is 1. The Balaban J connectivity index is 2.19. The number of aliphatic hydroxyl groups excluding tert-OH is 1. The molecule has 2 heterocycles. The average molecular weight is 257 g/mol. The van der Waals surface area contributed by atoms with E-state index in [0.29, 0.717) is 12.4 Å². The summed E-state index contributed by atoms with van der Waals surface area (Å²) in [6.07, 6.45) is 1.72. The second-order valence-corrected chi connectivity index (χ2v) is 5.83. The molecule has 1 saturated heterocycles. The molecule has 1 aromatic heterocycles. The summed E-state index contributed by atoms with van der Waals surface area (Å²) in [5.74, 6) is 0.691. The highest BCUT2D eigenvalue weighted by atomic mass is 32.2. The third-order valence-corrected chi connectivity index (χ3v) is 4.19. The smallest absolute Gasteiger partial charge is 0.241 e. The van der Waals surface area contributed by atoms with Crippen LogP contribution in [-0.2, 0) is 10.0 Å². The Morgan fingerprint density at radius 1 is 1.53 bits per heavy atom. The number of nitrogens with zero attached hydrogens (tertiary/aromatic N) is 2. The van der Waals surface area contributed by atoms with Crippen molar-refractivity contribution >= 4 is 15.8 Å². The summed E-state index contributed by atoms with van der Waals surface area (Å²) in [7, 11) is -2.07. The maximum atomic E-state index is 11.5. The molecule has 0 unspecified atom stereocenters. The molecule has 0 saturated carbocycles. The standard InChI is InChI=1S/C10H15N3O3S/c1-11-17(15,16)9-2-3-10(12-6-9)13-5-4-8(14)7-13/h2-3,6,8,11,14H,4-5,7H2,1H3/t8-/m0/s1. The van der Waals surface area contributed by atoms with Crippen molar-refractivity contribution in [2.75, 3.05) is 25.0 Å². The van der Waals surface area contributed by atoms with Crippen LogP contribution in [0.25, 0.3) is 0 Å². The highest BCUT2D eigenvalue weighted by molar-refractivity contribution is 7.89. The van der Waals surface area contributed by atoms with Gasteiger partial charge in [-0.25, -0.2) is 18.1 Å². The number of pyridine rings is 1. The minimum Gasteiger partial charge on any atom is -0.391 e. The maximum Gasteiger partial charge on any atom is 0.241 e. The van der Waals surface area contributed by atoms with Gasteiger partial charge < -0.3 is 10.0 Å². The van der Waals surface area contributed by atoms with Crippen molar-refractivity contribution < 1.29 is 13.5 Å². The number of hydrogen-bond acceptors (Lipinski definition) is 5. The van der Waals surface area contributed by atoms with Gasteiger partial charge in [-0.1, -0.05) is 0 Å². The van der Waals surface area contributed by atoms with Crippen molar-refractivity contribution in [3.05, 3.63) is 18.3 Å². The fourth-order valence-corrected chi connectivity index (χ4v) is 2.46. The third-order valence-electron chi connectivity index (χ3n) is 2.79. The van der Waals surface area contributed by atoms with Gasteiger partial charge in [0.15, 0.2) is 0 Å². The van der Waals surface area contributed by atoms with Crippen LogP contribution in [0.15, 0.2) is 23.2 Å². The zero-order chi connectivity index (χ0) is 12.5. The molecule has 94 valence electrons. The fourth-order valence-electron chi connectivity index (χ4n) is 1.79. The Kier molecular flexibility index (Phi) is 3.32. The second-order valence-electron chi connectivity index (χ2n) is 3.95. The van der Waals surface area contributed by atoms with Crippen LogP contribution in [0.1, 0.15) is 6.42 Å². The molecular weight excluding hydrogens is 242 g/mol. The number of β-amino-alcohol motifs (C(OH)–C–C–N with tert-alkyl or cyclic N) is 1. The predicted octanol–water partition coefficient (Wildman–Crippen LogP) is -0.439. The number of nitrogens with one attached hydrogen (secondary N) is 1. The van der Waals surface area contributed by atoms with Crippen LogP contribution < -0.4 is 9.62 Å². The van der Waals surface area contributed by atoms with Crippen LogP contribution in [0.5, 0.6) is 0 Å². The summed E-state index contributed by atoms with van der Waals surface area (Å²) in [5.41, 5.74) is 0. The molecule has 0 amide bonds. The van der Waals surface area contributed by atoms with Gasteiger partial charge in [-0.2, -0.15) is 0 Å². The normalized spacial score (nSPS) is 20.8. The second kappa shape index (κ2) is 4.59. The van der Waals surface area contributed by atoms with E-state index in [-0.39, 0.29) is 11.0 Å². The van der Waals surface area contributed by atoms with Crippen LogP contribution in [0.3, 0.4) is 0 Å². The monoisotopic (exact) mass is 257 g/mol. The summed E-state index contributed by atoms with van der Waals surface area (Å²) < 4.78 is 25.2. The van der Waals surface area contributed by atoms with E-state index in [1.165, 1.54) is 19.3 Å². The lowest BCUT2D eigenvalue weighted by atomic mass is 10.3. The molecule has 1 aliphatic rings. The summed E-state index contributed by atoms with van der Waals surface area (Å²) in [6, 6.07) is 3.17. The predicted molar refractivity (Wildman–Crippen MR) is 63.3 cm³/mol. The van der Waals surface area contributed by atoms with Gasteiger partial charge in [-0.05, 0) is 25.6 Å². The Labute approximate surface area is 100 Å². The van der Waals surface area contributed by atoms with Crippen LogP contribution in [0.2, 0.25) is 0 Å². The van der Waals surface area contributed by atoms with Crippen LogP contribution in [-0.4, -0.2) is 44.7 Å². The number of hydrogen-bond donors (Lipinski definition) is 2. The van der Waals surface area contributed by atoms with E-state index in [9.17, 15) is 13.5 Å². The quantitative estimate of drug-likeness (QED) is 0.767. The molecule has 1 aromatic rings. The molecule has 0 spiro atoms. The van der Waals surface area contributed by atoms with Crippen molar-refractivity contribution in [3.8, 4) is 0 Å². The van der Waals surface area contributed by atoms with Crippen LogP contribution in [0, 0.1) is 0 Å². The molecular formula is C10H15N3O3S. The Morgan fingerprint density at radius 3 is 2.76 bits per heavy atom. The summed E-state index contributed by atoms with van der Waals surface area (Å²) in [6.45, 7) is 1.29. The van der Waals surface area contributed by atoms with Crippen molar-refractivity contribution in [1.82, 2.24) is 9.71 Å². The van der Waals surface area contributed by atoms with Crippen molar-refractivity contribution in [2.24, 2.45) is 0 Å². The van der Waals surface area contributed by atoms with E-state index in [4.69, 9.17) is 0 Å². The highest BCUT2D eigenvalue weighted by Crippen LogP contribution is 2.19. The zero-order valence-electron chi connectivity index (χ0n) is 9.50. The molecule has 17 heavy (non-hydrogen) atoms. The molecule has 1 fully saturated rings. The molecule has 6 nitrogen and oxygen atoms in total. The van der Waals surface area contributed by atoms with E-state index in [0.717, 1.165) is 13.0 Å². The van der Waals surface area contributed by atoms with Gasteiger partial charge >= 0.3 is 0 Å². The van der Waals surface area contributed by atoms with E-state index in [1.54, 1.807) is 6.07 Å². The molecule has 1 atom stereocenters. The van der Waals surface area contributed by atoms with Gasteiger partial charge in [0.2, 0.25) is 10.0 Å². The average Bonchev–Trinajstić information content (AvgIpc) is 2.76.